The normalized spacial score (nSPS) is 11.4. The molecule has 0 aliphatic heterocycles. The molecule has 0 bridgehead atoms. The minimum Gasteiger partial charge on any atom is -0.462 e. The van der Waals surface area contributed by atoms with Crippen LogP contribution in [0, 0.1) is 11.8 Å². The van der Waals surface area contributed by atoms with Crippen LogP contribution < -0.4 is 0 Å². The van der Waals surface area contributed by atoms with Gasteiger partial charge in [0.15, 0.2) is 0 Å². The summed E-state index contributed by atoms with van der Waals surface area (Å²) in [7, 11) is 0. The molecular weight excluding hydrogens is 176 g/mol. The van der Waals surface area contributed by atoms with Crippen molar-refractivity contribution in [1.82, 2.24) is 0 Å². The average molecular weight is 200 g/mol. The second-order valence-corrected chi connectivity index (χ2v) is 4.72. The van der Waals surface area contributed by atoms with E-state index in [2.05, 4.69) is 27.7 Å². The summed E-state index contributed by atoms with van der Waals surface area (Å²) in [6.07, 6.45) is 2.54. The second-order valence-electron chi connectivity index (χ2n) is 4.72. The van der Waals surface area contributed by atoms with E-state index in [-0.39, 0.29) is 12.1 Å². The molecule has 0 rings (SSSR count). The number of rotatable bonds is 6. The Morgan fingerprint density at radius 1 is 1.07 bits per heavy atom. The molecule has 0 amide bonds. The molecule has 0 fully saturated rings. The monoisotopic (exact) mass is 200 g/mol. The highest BCUT2D eigenvalue weighted by Gasteiger charge is 2.16. The highest BCUT2D eigenvalue weighted by atomic mass is 16.5. The Balaban J connectivity index is 4.03. The molecule has 0 aliphatic rings. The zero-order chi connectivity index (χ0) is 11.1. The predicted octanol–water partition coefficient (Wildman–Crippen LogP) is 3.40. The van der Waals surface area contributed by atoms with Gasteiger partial charge in [0, 0.05) is 6.42 Å². The van der Waals surface area contributed by atoms with E-state index in [9.17, 15) is 4.79 Å². The molecule has 0 N–H and O–H groups in total. The van der Waals surface area contributed by atoms with Crippen molar-refractivity contribution in [2.75, 3.05) is 0 Å². The van der Waals surface area contributed by atoms with Gasteiger partial charge in [-0.1, -0.05) is 34.6 Å². The number of hydrogen-bond acceptors (Lipinski definition) is 2. The third-order valence-corrected chi connectivity index (χ3v) is 2.06. The van der Waals surface area contributed by atoms with E-state index in [4.69, 9.17) is 4.74 Å². The van der Waals surface area contributed by atoms with E-state index in [1.54, 1.807) is 0 Å². The van der Waals surface area contributed by atoms with Crippen molar-refractivity contribution in [3.05, 3.63) is 0 Å². The first kappa shape index (κ1) is 13.5. The fraction of sp³-hybridized carbons (Fsp3) is 0.917. The van der Waals surface area contributed by atoms with E-state index < -0.39 is 0 Å². The van der Waals surface area contributed by atoms with E-state index in [0.717, 1.165) is 12.8 Å². The van der Waals surface area contributed by atoms with Gasteiger partial charge in [-0.15, -0.1) is 0 Å². The zero-order valence-electron chi connectivity index (χ0n) is 10.2. The summed E-state index contributed by atoms with van der Waals surface area (Å²) in [5, 5.41) is 0. The molecule has 84 valence electrons. The van der Waals surface area contributed by atoms with Crippen LogP contribution in [0.2, 0.25) is 0 Å². The van der Waals surface area contributed by atoms with Gasteiger partial charge in [0.05, 0.1) is 0 Å². The molecule has 14 heavy (non-hydrogen) atoms. The number of ether oxygens (including phenoxy) is 1. The lowest BCUT2D eigenvalue weighted by atomic mass is 9.98. The quantitative estimate of drug-likeness (QED) is 0.614. The standard InChI is InChI=1S/C12H24O2/c1-6-12(13)14-11(7-9(2)3)8-10(4)5/h9-11H,6-8H2,1-5H3. The maximum absolute atomic E-state index is 11.2. The highest BCUT2D eigenvalue weighted by molar-refractivity contribution is 5.69. The summed E-state index contributed by atoms with van der Waals surface area (Å²) in [6, 6.07) is 0. The van der Waals surface area contributed by atoms with Crippen LogP contribution in [0.1, 0.15) is 53.9 Å². The van der Waals surface area contributed by atoms with Gasteiger partial charge in [-0.3, -0.25) is 4.79 Å². The molecule has 0 saturated heterocycles. The van der Waals surface area contributed by atoms with Crippen molar-refractivity contribution < 1.29 is 9.53 Å². The topological polar surface area (TPSA) is 26.3 Å². The van der Waals surface area contributed by atoms with E-state index in [1.807, 2.05) is 6.92 Å². The van der Waals surface area contributed by atoms with E-state index in [1.165, 1.54) is 0 Å². The SMILES string of the molecule is CCC(=O)OC(CC(C)C)CC(C)C. The summed E-state index contributed by atoms with van der Waals surface area (Å²) >= 11 is 0. The van der Waals surface area contributed by atoms with Crippen LogP contribution in [0.4, 0.5) is 0 Å². The van der Waals surface area contributed by atoms with Crippen LogP contribution in [0.15, 0.2) is 0 Å². The van der Waals surface area contributed by atoms with Gasteiger partial charge in [-0.2, -0.15) is 0 Å². The smallest absolute Gasteiger partial charge is 0.305 e. The fourth-order valence-corrected chi connectivity index (χ4v) is 1.51. The molecular formula is C12H24O2. The minimum atomic E-state index is -0.0729. The number of carbonyl (C=O) groups excluding carboxylic acids is 1. The van der Waals surface area contributed by atoms with Crippen LogP contribution in [-0.4, -0.2) is 12.1 Å². The molecule has 0 saturated carbocycles. The van der Waals surface area contributed by atoms with Crippen molar-refractivity contribution in [2.45, 2.75) is 60.0 Å². The van der Waals surface area contributed by atoms with Crippen molar-refractivity contribution in [3.8, 4) is 0 Å². The lowest BCUT2D eigenvalue weighted by molar-refractivity contribution is -0.150. The van der Waals surface area contributed by atoms with E-state index in [0.29, 0.717) is 18.3 Å². The Bertz CT molecular complexity index is 152. The summed E-state index contributed by atoms with van der Waals surface area (Å²) in [4.78, 5) is 11.2. The Morgan fingerprint density at radius 2 is 1.50 bits per heavy atom. The van der Waals surface area contributed by atoms with Crippen molar-refractivity contribution in [2.24, 2.45) is 11.8 Å². The van der Waals surface area contributed by atoms with Gasteiger partial charge in [0.1, 0.15) is 6.10 Å². The molecule has 2 heteroatoms. The molecule has 0 spiro atoms. The Hall–Kier alpha value is -0.530. The highest BCUT2D eigenvalue weighted by Crippen LogP contribution is 2.17. The van der Waals surface area contributed by atoms with Crippen molar-refractivity contribution in [3.63, 3.8) is 0 Å². The third kappa shape index (κ3) is 6.93. The van der Waals surface area contributed by atoms with Gasteiger partial charge in [0.25, 0.3) is 0 Å². The second kappa shape index (κ2) is 6.86. The zero-order valence-corrected chi connectivity index (χ0v) is 10.2. The average Bonchev–Trinajstić information content (AvgIpc) is 2.01. The first-order chi connectivity index (χ1) is 6.45. The Labute approximate surface area is 88.0 Å². The Kier molecular flexibility index (Phi) is 6.60. The molecule has 0 heterocycles. The molecule has 0 radical (unpaired) electrons. The van der Waals surface area contributed by atoms with Crippen molar-refractivity contribution >= 4 is 5.97 Å². The molecule has 0 aromatic carbocycles. The summed E-state index contributed by atoms with van der Waals surface area (Å²) < 4.78 is 5.38. The fourth-order valence-electron chi connectivity index (χ4n) is 1.51. The van der Waals surface area contributed by atoms with Crippen LogP contribution >= 0.6 is 0 Å². The predicted molar refractivity (Wildman–Crippen MR) is 59.1 cm³/mol. The van der Waals surface area contributed by atoms with Gasteiger partial charge < -0.3 is 4.74 Å². The van der Waals surface area contributed by atoms with Gasteiger partial charge in [-0.05, 0) is 24.7 Å². The van der Waals surface area contributed by atoms with Crippen LogP contribution in [-0.2, 0) is 9.53 Å². The molecule has 0 unspecified atom stereocenters. The van der Waals surface area contributed by atoms with Crippen LogP contribution in [0.5, 0.6) is 0 Å². The number of esters is 1. The van der Waals surface area contributed by atoms with Gasteiger partial charge in [0.2, 0.25) is 0 Å². The summed E-state index contributed by atoms with van der Waals surface area (Å²) in [5.74, 6) is 1.10. The van der Waals surface area contributed by atoms with Crippen LogP contribution in [0.3, 0.4) is 0 Å². The summed E-state index contributed by atoms with van der Waals surface area (Å²) in [6.45, 7) is 10.5. The molecule has 0 aromatic rings. The molecule has 0 aromatic heterocycles. The Morgan fingerprint density at radius 3 is 1.79 bits per heavy atom. The maximum Gasteiger partial charge on any atom is 0.305 e. The lowest BCUT2D eigenvalue weighted by Gasteiger charge is -2.21. The lowest BCUT2D eigenvalue weighted by Crippen LogP contribution is -2.21. The van der Waals surface area contributed by atoms with Gasteiger partial charge in [-0.25, -0.2) is 0 Å². The first-order valence-corrected chi connectivity index (χ1v) is 5.65. The minimum absolute atomic E-state index is 0.0729. The summed E-state index contributed by atoms with van der Waals surface area (Å²) in [5.41, 5.74) is 0. The van der Waals surface area contributed by atoms with E-state index >= 15 is 0 Å². The first-order valence-electron chi connectivity index (χ1n) is 5.65. The number of carbonyl (C=O) groups is 1. The molecule has 0 aliphatic carbocycles. The van der Waals surface area contributed by atoms with Crippen molar-refractivity contribution in [1.29, 1.82) is 0 Å². The molecule has 2 nitrogen and oxygen atoms in total. The maximum atomic E-state index is 11.2. The van der Waals surface area contributed by atoms with Crippen LogP contribution in [0.25, 0.3) is 0 Å². The third-order valence-electron chi connectivity index (χ3n) is 2.06. The largest absolute Gasteiger partial charge is 0.462 e. The number of hydrogen-bond donors (Lipinski definition) is 0. The molecule has 0 atom stereocenters. The van der Waals surface area contributed by atoms with Gasteiger partial charge >= 0.3 is 5.97 Å².